The monoisotopic (exact) mass is 422 g/mol. The Kier molecular flexibility index (Phi) is 4.81. The summed E-state index contributed by atoms with van der Waals surface area (Å²) in [7, 11) is 0. The molecule has 0 saturated heterocycles. The molecule has 0 aliphatic rings. The molecule has 2 heterocycles. The van der Waals surface area contributed by atoms with Gasteiger partial charge in [0.25, 0.3) is 16.3 Å². The quantitative estimate of drug-likeness (QED) is 0.184. The Morgan fingerprint density at radius 3 is 2.35 bits per heavy atom. The first-order valence-corrected chi connectivity index (χ1v) is 10.7. The zero-order valence-corrected chi connectivity index (χ0v) is 17.6. The van der Waals surface area contributed by atoms with Crippen LogP contribution in [0.1, 0.15) is 27.2 Å². The van der Waals surface area contributed by atoms with Crippen LogP contribution in [0.3, 0.4) is 0 Å². The summed E-state index contributed by atoms with van der Waals surface area (Å²) in [6.45, 7) is 1.98. The Labute approximate surface area is 183 Å². The number of benzene rings is 3. The van der Waals surface area contributed by atoms with Crippen LogP contribution in [0, 0.1) is 6.92 Å². The summed E-state index contributed by atoms with van der Waals surface area (Å²) in [6.07, 6.45) is 1.88. The van der Waals surface area contributed by atoms with E-state index in [9.17, 15) is 9.90 Å². The molecule has 5 rings (SSSR count). The lowest BCUT2D eigenvalue weighted by atomic mass is 10.1. The van der Waals surface area contributed by atoms with Crippen molar-refractivity contribution in [1.82, 2.24) is 0 Å². The van der Waals surface area contributed by atoms with E-state index in [0.717, 1.165) is 21.2 Å². The maximum absolute atomic E-state index is 13.5. The van der Waals surface area contributed by atoms with Crippen LogP contribution in [0.5, 0.6) is 0 Å². The van der Waals surface area contributed by atoms with E-state index in [-0.39, 0.29) is 11.7 Å². The van der Waals surface area contributed by atoms with E-state index >= 15 is 0 Å². The molecular formula is C26H18N2O2S. The van der Waals surface area contributed by atoms with Crippen LogP contribution in [-0.4, -0.2) is 11.7 Å². The summed E-state index contributed by atoms with van der Waals surface area (Å²) in [6, 6.07) is 26.3. The van der Waals surface area contributed by atoms with Crippen LogP contribution in [0.15, 0.2) is 96.1 Å². The van der Waals surface area contributed by atoms with Crippen molar-refractivity contribution in [2.24, 2.45) is 4.99 Å². The lowest BCUT2D eigenvalue weighted by Crippen LogP contribution is -2.28. The number of ketones is 1. The fourth-order valence-electron chi connectivity index (χ4n) is 3.57. The molecule has 0 bridgehead atoms. The molecule has 31 heavy (non-hydrogen) atoms. The number of nitrogens with zero attached hydrogens (tertiary/aromatic N) is 2. The molecule has 0 unspecified atom stereocenters. The number of fused-ring (bicyclic) bond motifs is 3. The number of carbonyl (C=O) groups is 1. The molecule has 0 aliphatic heterocycles. The van der Waals surface area contributed by atoms with Gasteiger partial charge in [0.05, 0.1) is 5.39 Å². The number of aliphatic imine (C=N–C) groups is 1. The zero-order valence-electron chi connectivity index (χ0n) is 16.8. The van der Waals surface area contributed by atoms with Crippen LogP contribution >= 0.6 is 11.3 Å². The zero-order chi connectivity index (χ0) is 21.4. The van der Waals surface area contributed by atoms with Crippen molar-refractivity contribution in [3.63, 3.8) is 0 Å². The Balaban J connectivity index is 1.76. The highest BCUT2D eigenvalue weighted by Gasteiger charge is 2.30. The highest BCUT2D eigenvalue weighted by molar-refractivity contribution is 7.21. The number of hydrogen-bond donors (Lipinski definition) is 0. The van der Waals surface area contributed by atoms with Crippen molar-refractivity contribution in [1.29, 1.82) is 0 Å². The van der Waals surface area contributed by atoms with E-state index in [1.54, 1.807) is 24.3 Å². The van der Waals surface area contributed by atoms with Crippen molar-refractivity contribution >= 4 is 43.6 Å². The molecule has 2 aromatic heterocycles. The van der Waals surface area contributed by atoms with Crippen molar-refractivity contribution in [2.75, 3.05) is 0 Å². The Morgan fingerprint density at radius 2 is 1.58 bits per heavy atom. The van der Waals surface area contributed by atoms with Crippen molar-refractivity contribution in [3.8, 4) is 0 Å². The highest BCUT2D eigenvalue weighted by atomic mass is 32.1. The topological polar surface area (TPSA) is 56.6 Å². The second-order valence-electron chi connectivity index (χ2n) is 7.31. The van der Waals surface area contributed by atoms with Gasteiger partial charge in [-0.15, -0.1) is 4.40 Å². The van der Waals surface area contributed by atoms with Gasteiger partial charge in [0.2, 0.25) is 0 Å². The molecule has 0 radical (unpaired) electrons. The number of hydrogen-bond acceptors (Lipinski definition) is 4. The van der Waals surface area contributed by atoms with Gasteiger partial charge in [-0.25, -0.2) is 4.99 Å². The highest BCUT2D eigenvalue weighted by Crippen LogP contribution is 2.33. The van der Waals surface area contributed by atoms with Gasteiger partial charge in [-0.2, -0.15) is 0 Å². The molecule has 0 fully saturated rings. The molecule has 0 atom stereocenters. The molecule has 4 nitrogen and oxygen atoms in total. The second-order valence-corrected chi connectivity index (χ2v) is 8.29. The SMILES string of the molecule is Cc1ccc(C(=O)c2c(/N=C(\[O-])c3ccccc3)sc3c4ccccc4cc[n+]23)cc1. The fraction of sp³-hybridized carbons (Fsp3) is 0.0385. The predicted octanol–water partition coefficient (Wildman–Crippen LogP) is 4.62. The average Bonchev–Trinajstić information content (AvgIpc) is 3.18. The molecule has 0 amide bonds. The number of carbonyl (C=O) groups excluding carboxylic acids is 1. The van der Waals surface area contributed by atoms with Gasteiger partial charge in [-0.3, -0.25) is 4.79 Å². The summed E-state index contributed by atoms with van der Waals surface area (Å²) in [5, 5.41) is 15.3. The molecule has 3 aromatic carbocycles. The van der Waals surface area contributed by atoms with Gasteiger partial charge in [-0.1, -0.05) is 78.4 Å². The number of aryl methyl sites for hydroxylation is 1. The van der Waals surface area contributed by atoms with Crippen LogP contribution in [-0.2, 0) is 0 Å². The summed E-state index contributed by atoms with van der Waals surface area (Å²) < 4.78 is 1.85. The van der Waals surface area contributed by atoms with E-state index in [0.29, 0.717) is 21.8 Å². The summed E-state index contributed by atoms with van der Waals surface area (Å²) in [5.74, 6) is -0.527. The maximum Gasteiger partial charge on any atom is 0.296 e. The first kappa shape index (κ1) is 19.2. The molecule has 0 aliphatic carbocycles. The lowest BCUT2D eigenvalue weighted by Gasteiger charge is -2.09. The standard InChI is InChI=1S/C26H18N2O2S/c1-17-11-13-19(14-12-17)23(29)22-25(27-24(30)20-8-3-2-4-9-20)31-26-21-10-6-5-7-18(21)15-16-28(22)26/h2-16H,1H3. The van der Waals surface area contributed by atoms with Crippen LogP contribution < -0.4 is 9.51 Å². The Hall–Kier alpha value is -3.83. The molecular weight excluding hydrogens is 404 g/mol. The fourth-order valence-corrected chi connectivity index (χ4v) is 4.72. The van der Waals surface area contributed by atoms with Crippen LogP contribution in [0.4, 0.5) is 5.00 Å². The predicted molar refractivity (Wildman–Crippen MR) is 122 cm³/mol. The van der Waals surface area contributed by atoms with Crippen molar-refractivity contribution in [2.45, 2.75) is 6.92 Å². The number of aromatic nitrogens is 1. The minimum absolute atomic E-state index is 0.161. The molecule has 0 saturated carbocycles. The minimum Gasteiger partial charge on any atom is -0.858 e. The Bertz CT molecular complexity index is 1450. The van der Waals surface area contributed by atoms with Crippen molar-refractivity contribution in [3.05, 3.63) is 114 Å². The van der Waals surface area contributed by atoms with Gasteiger partial charge >= 0.3 is 0 Å². The van der Waals surface area contributed by atoms with Gasteiger partial charge in [0.1, 0.15) is 0 Å². The average molecular weight is 423 g/mol. The first-order chi connectivity index (χ1) is 15.1. The van der Waals surface area contributed by atoms with E-state index in [2.05, 4.69) is 4.99 Å². The number of thiazole rings is 1. The summed E-state index contributed by atoms with van der Waals surface area (Å²) in [4.78, 5) is 18.8. The number of rotatable bonds is 4. The molecule has 0 spiro atoms. The lowest BCUT2D eigenvalue weighted by molar-refractivity contribution is -0.508. The molecule has 5 heteroatoms. The van der Waals surface area contributed by atoms with Crippen molar-refractivity contribution < 1.29 is 14.3 Å². The summed E-state index contributed by atoms with van der Waals surface area (Å²) >= 11 is 1.36. The van der Waals surface area contributed by atoms with E-state index in [1.807, 2.05) is 78.2 Å². The van der Waals surface area contributed by atoms with E-state index in [1.165, 1.54) is 11.3 Å². The maximum atomic E-state index is 13.5. The van der Waals surface area contributed by atoms with Crippen LogP contribution in [0.25, 0.3) is 15.6 Å². The van der Waals surface area contributed by atoms with Gasteiger partial charge < -0.3 is 5.11 Å². The second kappa shape index (κ2) is 7.78. The molecule has 150 valence electrons. The van der Waals surface area contributed by atoms with E-state index in [4.69, 9.17) is 0 Å². The van der Waals surface area contributed by atoms with Gasteiger partial charge in [0.15, 0.2) is 11.2 Å². The van der Waals surface area contributed by atoms with Gasteiger partial charge in [-0.05, 0) is 41.2 Å². The smallest absolute Gasteiger partial charge is 0.296 e. The van der Waals surface area contributed by atoms with Crippen LogP contribution in [0.2, 0.25) is 0 Å². The molecule has 5 aromatic rings. The Morgan fingerprint density at radius 1 is 0.871 bits per heavy atom. The molecule has 0 N–H and O–H groups in total. The summed E-state index contributed by atoms with van der Waals surface area (Å²) in [5.41, 5.74) is 2.53. The largest absolute Gasteiger partial charge is 0.858 e. The normalized spacial score (nSPS) is 11.8. The minimum atomic E-state index is -0.366. The van der Waals surface area contributed by atoms with Gasteiger partial charge in [0, 0.05) is 11.6 Å². The third-order valence-electron chi connectivity index (χ3n) is 5.20. The third kappa shape index (κ3) is 3.49. The first-order valence-electron chi connectivity index (χ1n) is 9.90. The number of pyridine rings is 1. The van der Waals surface area contributed by atoms with E-state index < -0.39 is 0 Å². The third-order valence-corrected chi connectivity index (χ3v) is 6.29.